The topological polar surface area (TPSA) is 38.7 Å². The van der Waals surface area contributed by atoms with Gasteiger partial charge in [-0.2, -0.15) is 0 Å². The van der Waals surface area contributed by atoms with E-state index in [1.54, 1.807) is 0 Å². The first kappa shape index (κ1) is 6.74. The van der Waals surface area contributed by atoms with Crippen molar-refractivity contribution in [1.82, 2.24) is 0 Å². The summed E-state index contributed by atoms with van der Waals surface area (Å²) in [5.74, 6) is 0. The second-order valence-corrected chi connectivity index (χ2v) is 1.83. The van der Waals surface area contributed by atoms with Crippen LogP contribution in [0.2, 0.25) is 0 Å². The molecule has 0 radical (unpaired) electrons. The quantitative estimate of drug-likeness (QED) is 0.471. The predicted octanol–water partition coefficient (Wildman–Crippen LogP) is 1.88. The summed E-state index contributed by atoms with van der Waals surface area (Å²) in [4.78, 5) is 13.8. The molecular weight excluding hydrogens is 130 g/mol. The highest BCUT2D eigenvalue weighted by atomic mass is 16.7. The first-order chi connectivity index (χ1) is 4.93. The van der Waals surface area contributed by atoms with Crippen molar-refractivity contribution in [3.63, 3.8) is 0 Å². The molecule has 0 heterocycles. The molecule has 0 N–H and O–H groups in total. The minimum atomic E-state index is 0.254. The molecule has 0 bridgehead atoms. The number of hydrogen-bond acceptors (Lipinski definition) is 3. The number of rotatable bonds is 3. The standard InChI is InChI=1S/C7H7NO2/c9-8-10-6-7-4-2-1-3-5-7/h1-5H,6H2. The van der Waals surface area contributed by atoms with Crippen molar-refractivity contribution in [2.24, 2.45) is 5.34 Å². The van der Waals surface area contributed by atoms with Crippen LogP contribution in [0.1, 0.15) is 5.56 Å². The Kier molecular flexibility index (Phi) is 2.43. The van der Waals surface area contributed by atoms with Gasteiger partial charge in [0.25, 0.3) is 0 Å². The third-order valence-corrected chi connectivity index (χ3v) is 1.13. The largest absolute Gasteiger partial charge is 0.359 e. The fourth-order valence-electron chi connectivity index (χ4n) is 0.675. The van der Waals surface area contributed by atoms with E-state index < -0.39 is 0 Å². The molecule has 0 atom stereocenters. The first-order valence-electron chi connectivity index (χ1n) is 2.92. The van der Waals surface area contributed by atoms with Gasteiger partial charge in [0.05, 0.1) is 0 Å². The van der Waals surface area contributed by atoms with Crippen molar-refractivity contribution < 1.29 is 4.84 Å². The van der Waals surface area contributed by atoms with E-state index in [-0.39, 0.29) is 6.61 Å². The van der Waals surface area contributed by atoms with E-state index in [1.165, 1.54) is 0 Å². The third-order valence-electron chi connectivity index (χ3n) is 1.13. The van der Waals surface area contributed by atoms with Crippen molar-refractivity contribution in [2.45, 2.75) is 6.61 Å². The average Bonchev–Trinajstić information content (AvgIpc) is 2.03. The van der Waals surface area contributed by atoms with Gasteiger partial charge in [0, 0.05) is 0 Å². The Bertz CT molecular complexity index is 198. The smallest absolute Gasteiger partial charge is 0.155 e. The normalized spacial score (nSPS) is 8.80. The zero-order chi connectivity index (χ0) is 7.23. The van der Waals surface area contributed by atoms with Gasteiger partial charge in [-0.3, -0.25) is 0 Å². The molecule has 3 nitrogen and oxygen atoms in total. The molecule has 0 aliphatic carbocycles. The molecule has 3 heteroatoms. The molecule has 0 saturated carbocycles. The molecule has 0 amide bonds. The van der Waals surface area contributed by atoms with Crippen molar-refractivity contribution in [3.8, 4) is 0 Å². The molecule has 0 saturated heterocycles. The van der Waals surface area contributed by atoms with E-state index in [0.717, 1.165) is 5.56 Å². The lowest BCUT2D eigenvalue weighted by Crippen LogP contribution is -1.83. The van der Waals surface area contributed by atoms with Crippen LogP contribution in [0.5, 0.6) is 0 Å². The Balaban J connectivity index is 2.50. The van der Waals surface area contributed by atoms with E-state index in [2.05, 4.69) is 10.2 Å². The lowest BCUT2D eigenvalue weighted by Gasteiger charge is -1.93. The van der Waals surface area contributed by atoms with Crippen molar-refractivity contribution in [1.29, 1.82) is 0 Å². The monoisotopic (exact) mass is 137 g/mol. The third kappa shape index (κ3) is 1.85. The molecular formula is C7H7NO2. The van der Waals surface area contributed by atoms with E-state index in [4.69, 9.17) is 0 Å². The predicted molar refractivity (Wildman–Crippen MR) is 37.0 cm³/mol. The molecule has 0 aromatic heterocycles. The summed E-state index contributed by atoms with van der Waals surface area (Å²) in [5.41, 5.74) is 0.946. The van der Waals surface area contributed by atoms with Gasteiger partial charge < -0.3 is 4.84 Å². The van der Waals surface area contributed by atoms with E-state index >= 15 is 0 Å². The Morgan fingerprint density at radius 3 is 2.60 bits per heavy atom. The van der Waals surface area contributed by atoms with Crippen LogP contribution in [0.4, 0.5) is 0 Å². The maximum Gasteiger partial charge on any atom is 0.155 e. The number of nitrogens with zero attached hydrogens (tertiary/aromatic N) is 1. The summed E-state index contributed by atoms with van der Waals surface area (Å²) in [6.45, 7) is 0.254. The van der Waals surface area contributed by atoms with Crippen molar-refractivity contribution >= 4 is 0 Å². The van der Waals surface area contributed by atoms with Crippen molar-refractivity contribution in [2.75, 3.05) is 0 Å². The highest BCUT2D eigenvalue weighted by molar-refractivity contribution is 5.13. The average molecular weight is 137 g/mol. The van der Waals surface area contributed by atoms with Crippen LogP contribution < -0.4 is 0 Å². The Hall–Kier alpha value is -1.38. The Morgan fingerprint density at radius 1 is 1.30 bits per heavy atom. The summed E-state index contributed by atoms with van der Waals surface area (Å²) in [5, 5.41) is 2.28. The summed E-state index contributed by atoms with van der Waals surface area (Å²) in [6.07, 6.45) is 0. The zero-order valence-electron chi connectivity index (χ0n) is 5.36. The summed E-state index contributed by atoms with van der Waals surface area (Å²) in [7, 11) is 0. The molecule has 0 unspecified atom stereocenters. The fourth-order valence-corrected chi connectivity index (χ4v) is 0.675. The highest BCUT2D eigenvalue weighted by Crippen LogP contribution is 1.99. The number of hydrogen-bond donors (Lipinski definition) is 0. The molecule has 1 rings (SSSR count). The van der Waals surface area contributed by atoms with Gasteiger partial charge in [-0.05, 0) is 5.56 Å². The van der Waals surface area contributed by atoms with Gasteiger partial charge in [0.2, 0.25) is 0 Å². The zero-order valence-corrected chi connectivity index (χ0v) is 5.36. The summed E-state index contributed by atoms with van der Waals surface area (Å²) >= 11 is 0. The number of benzene rings is 1. The van der Waals surface area contributed by atoms with Gasteiger partial charge in [0.15, 0.2) is 5.34 Å². The molecule has 0 fully saturated rings. The van der Waals surface area contributed by atoms with Gasteiger partial charge in [-0.15, -0.1) is 4.91 Å². The lowest BCUT2D eigenvalue weighted by atomic mass is 10.2. The van der Waals surface area contributed by atoms with Crippen LogP contribution in [-0.2, 0) is 11.4 Å². The van der Waals surface area contributed by atoms with Crippen LogP contribution in [0.15, 0.2) is 35.7 Å². The van der Waals surface area contributed by atoms with Crippen LogP contribution >= 0.6 is 0 Å². The minimum Gasteiger partial charge on any atom is -0.359 e. The molecule has 10 heavy (non-hydrogen) atoms. The molecule has 0 aliphatic heterocycles. The van der Waals surface area contributed by atoms with Crippen LogP contribution in [-0.4, -0.2) is 0 Å². The van der Waals surface area contributed by atoms with Crippen LogP contribution in [0, 0.1) is 4.91 Å². The lowest BCUT2D eigenvalue weighted by molar-refractivity contribution is 0.126. The second-order valence-electron chi connectivity index (χ2n) is 1.83. The second kappa shape index (κ2) is 3.61. The summed E-state index contributed by atoms with van der Waals surface area (Å²) in [6, 6.07) is 9.39. The highest BCUT2D eigenvalue weighted by Gasteiger charge is 1.88. The SMILES string of the molecule is O=NOCc1ccccc1. The molecule has 0 aliphatic rings. The fraction of sp³-hybridized carbons (Fsp3) is 0.143. The van der Waals surface area contributed by atoms with Gasteiger partial charge >= 0.3 is 0 Å². The molecule has 1 aromatic rings. The maximum atomic E-state index is 9.51. The van der Waals surface area contributed by atoms with Crippen molar-refractivity contribution in [3.05, 3.63) is 40.8 Å². The van der Waals surface area contributed by atoms with Crippen LogP contribution in [0.25, 0.3) is 0 Å². The van der Waals surface area contributed by atoms with E-state index in [0.29, 0.717) is 0 Å². The Labute approximate surface area is 58.6 Å². The maximum absolute atomic E-state index is 9.51. The first-order valence-corrected chi connectivity index (χ1v) is 2.92. The van der Waals surface area contributed by atoms with Crippen LogP contribution in [0.3, 0.4) is 0 Å². The van der Waals surface area contributed by atoms with E-state index in [9.17, 15) is 4.91 Å². The molecule has 0 spiro atoms. The minimum absolute atomic E-state index is 0.254. The molecule has 52 valence electrons. The van der Waals surface area contributed by atoms with Gasteiger partial charge in [-0.1, -0.05) is 30.3 Å². The van der Waals surface area contributed by atoms with Gasteiger partial charge in [-0.25, -0.2) is 0 Å². The summed E-state index contributed by atoms with van der Waals surface area (Å²) < 4.78 is 0. The Morgan fingerprint density at radius 2 is 2.00 bits per heavy atom. The molecule has 1 aromatic carbocycles. The van der Waals surface area contributed by atoms with E-state index in [1.807, 2.05) is 30.3 Å². The van der Waals surface area contributed by atoms with Gasteiger partial charge in [0.1, 0.15) is 6.61 Å².